The lowest BCUT2D eigenvalue weighted by Gasteiger charge is -2.28. The van der Waals surface area contributed by atoms with E-state index in [0.717, 1.165) is 6.07 Å². The van der Waals surface area contributed by atoms with Crippen LogP contribution < -0.4 is 5.32 Å². The van der Waals surface area contributed by atoms with E-state index in [1.54, 1.807) is 0 Å². The first kappa shape index (κ1) is 17.3. The zero-order valence-electron chi connectivity index (χ0n) is 10.7. The van der Waals surface area contributed by atoms with Crippen molar-refractivity contribution in [2.75, 3.05) is 6.61 Å². The maximum absolute atomic E-state index is 12.8. The van der Waals surface area contributed by atoms with E-state index in [1.165, 1.54) is 30.4 Å². The van der Waals surface area contributed by atoms with Crippen molar-refractivity contribution in [1.29, 1.82) is 0 Å². The average molecular weight is 326 g/mol. The number of nitrogens with one attached hydrogen (secondary N) is 1. The van der Waals surface area contributed by atoms with E-state index < -0.39 is 30.4 Å². The first-order chi connectivity index (χ1) is 9.61. The Morgan fingerprint density at radius 2 is 2.00 bits per heavy atom. The molecule has 1 atom stereocenters. The molecule has 0 heterocycles. The lowest BCUT2D eigenvalue weighted by Crippen LogP contribution is -2.64. The second-order valence-corrected chi connectivity index (χ2v) is 4.33. The maximum atomic E-state index is 12.8. The van der Waals surface area contributed by atoms with E-state index in [2.05, 4.69) is 4.74 Å². The van der Waals surface area contributed by atoms with E-state index in [9.17, 15) is 27.9 Å². The van der Waals surface area contributed by atoms with Crippen LogP contribution in [0.15, 0.2) is 24.3 Å². The van der Waals surface area contributed by atoms with Gasteiger partial charge in [0, 0.05) is 10.6 Å². The Hall–Kier alpha value is -1.80. The number of carbonyl (C=O) groups excluding carboxylic acids is 2. The monoisotopic (exact) mass is 325 g/mol. The molecule has 0 aliphatic rings. The van der Waals surface area contributed by atoms with E-state index in [4.69, 9.17) is 11.6 Å². The summed E-state index contributed by atoms with van der Waals surface area (Å²) >= 11 is 5.61. The van der Waals surface area contributed by atoms with Crippen LogP contribution in [0.5, 0.6) is 0 Å². The number of hydrogen-bond donors (Lipinski definition) is 2. The molecule has 5 nitrogen and oxygen atoms in total. The zero-order chi connectivity index (χ0) is 16.3. The Morgan fingerprint density at radius 1 is 1.38 bits per heavy atom. The van der Waals surface area contributed by atoms with Gasteiger partial charge < -0.3 is 15.2 Å². The van der Waals surface area contributed by atoms with Crippen LogP contribution in [0.4, 0.5) is 13.2 Å². The minimum Gasteiger partial charge on any atom is -0.462 e. The van der Waals surface area contributed by atoms with Crippen LogP contribution in [0.3, 0.4) is 0 Å². The molecule has 0 aromatic heterocycles. The minimum absolute atomic E-state index is 0.106. The molecule has 1 aromatic rings. The number of rotatable bonds is 4. The largest absolute Gasteiger partial charge is 0.462 e. The van der Waals surface area contributed by atoms with Gasteiger partial charge in [0.2, 0.25) is 0 Å². The number of carbonyl (C=O) groups is 2. The Kier molecular flexibility index (Phi) is 5.19. The molecule has 1 aromatic carbocycles. The van der Waals surface area contributed by atoms with Crippen molar-refractivity contribution >= 4 is 23.5 Å². The molecule has 0 radical (unpaired) electrons. The van der Waals surface area contributed by atoms with Gasteiger partial charge in [0.1, 0.15) is 0 Å². The molecule has 0 saturated heterocycles. The minimum atomic E-state index is -5.45. The number of halogens is 4. The predicted octanol–water partition coefficient (Wildman–Crippen LogP) is 1.88. The van der Waals surface area contributed by atoms with E-state index >= 15 is 0 Å². The fourth-order valence-electron chi connectivity index (χ4n) is 1.34. The molecular formula is C12H11ClF3NO4. The number of hydrogen-bond acceptors (Lipinski definition) is 4. The quantitative estimate of drug-likeness (QED) is 0.655. The smallest absolute Gasteiger partial charge is 0.448 e. The first-order valence-electron chi connectivity index (χ1n) is 5.66. The first-order valence-corrected chi connectivity index (χ1v) is 6.04. The third-order valence-electron chi connectivity index (χ3n) is 2.36. The second kappa shape index (κ2) is 6.31. The number of esters is 1. The fraction of sp³-hybridized carbons (Fsp3) is 0.333. The van der Waals surface area contributed by atoms with Crippen LogP contribution in [0.25, 0.3) is 0 Å². The lowest BCUT2D eigenvalue weighted by molar-refractivity contribution is -0.269. The van der Waals surface area contributed by atoms with Gasteiger partial charge in [-0.15, -0.1) is 0 Å². The van der Waals surface area contributed by atoms with Gasteiger partial charge in [-0.1, -0.05) is 17.7 Å². The lowest BCUT2D eigenvalue weighted by atomic mass is 10.1. The fourth-order valence-corrected chi connectivity index (χ4v) is 1.53. The molecule has 2 N–H and O–H groups in total. The Bertz CT molecular complexity index is 550. The van der Waals surface area contributed by atoms with Crippen LogP contribution in [-0.4, -0.2) is 35.5 Å². The third-order valence-corrected chi connectivity index (χ3v) is 2.60. The van der Waals surface area contributed by atoms with Gasteiger partial charge in [0.05, 0.1) is 6.61 Å². The summed E-state index contributed by atoms with van der Waals surface area (Å²) in [6.45, 7) is 0.859. The summed E-state index contributed by atoms with van der Waals surface area (Å²) in [5.41, 5.74) is -4.39. The molecule has 0 saturated carbocycles. The van der Waals surface area contributed by atoms with Crippen molar-refractivity contribution in [3.63, 3.8) is 0 Å². The molecule has 0 aliphatic carbocycles. The van der Waals surface area contributed by atoms with Gasteiger partial charge in [-0.05, 0) is 25.1 Å². The predicted molar refractivity (Wildman–Crippen MR) is 66.6 cm³/mol. The molecule has 1 amide bonds. The number of amides is 1. The van der Waals surface area contributed by atoms with Crippen molar-refractivity contribution in [1.82, 2.24) is 5.32 Å². The van der Waals surface area contributed by atoms with Crippen molar-refractivity contribution in [3.05, 3.63) is 34.9 Å². The molecule has 0 unspecified atom stereocenters. The SMILES string of the molecule is CCOC(=O)[C@](O)(NC(=O)c1cccc(Cl)c1)C(F)(F)F. The molecule has 0 aliphatic heterocycles. The topological polar surface area (TPSA) is 75.6 Å². The van der Waals surface area contributed by atoms with Crippen LogP contribution in [-0.2, 0) is 9.53 Å². The van der Waals surface area contributed by atoms with Crippen LogP contribution >= 0.6 is 11.6 Å². The highest BCUT2D eigenvalue weighted by atomic mass is 35.5. The van der Waals surface area contributed by atoms with Crippen molar-refractivity contribution in [3.8, 4) is 0 Å². The summed E-state index contributed by atoms with van der Waals surface area (Å²) < 4.78 is 42.7. The summed E-state index contributed by atoms with van der Waals surface area (Å²) in [6, 6.07) is 4.98. The second-order valence-electron chi connectivity index (χ2n) is 3.89. The van der Waals surface area contributed by atoms with Gasteiger partial charge >= 0.3 is 17.9 Å². The van der Waals surface area contributed by atoms with E-state index in [-0.39, 0.29) is 10.6 Å². The van der Waals surface area contributed by atoms with Crippen molar-refractivity contribution < 1.29 is 32.6 Å². The van der Waals surface area contributed by atoms with Crippen LogP contribution in [0.2, 0.25) is 5.02 Å². The molecule has 116 valence electrons. The van der Waals surface area contributed by atoms with Gasteiger partial charge in [0.25, 0.3) is 5.91 Å². The van der Waals surface area contributed by atoms with E-state index in [1.807, 2.05) is 0 Å². The zero-order valence-corrected chi connectivity index (χ0v) is 11.5. The molecule has 9 heteroatoms. The van der Waals surface area contributed by atoms with Crippen LogP contribution in [0.1, 0.15) is 17.3 Å². The molecule has 1 rings (SSSR count). The van der Waals surface area contributed by atoms with E-state index in [0.29, 0.717) is 0 Å². The standard InChI is InChI=1S/C12H11ClF3NO4/c1-2-21-10(19)11(20,12(14,15)16)17-9(18)7-4-3-5-8(13)6-7/h3-6,20H,2H2,1H3,(H,17,18)/t11-/m1/s1. The highest BCUT2D eigenvalue weighted by Gasteiger charge is 2.62. The number of aliphatic hydroxyl groups is 1. The molecular weight excluding hydrogens is 315 g/mol. The Labute approximate surface area is 122 Å². The highest BCUT2D eigenvalue weighted by Crippen LogP contribution is 2.30. The third kappa shape index (κ3) is 3.85. The normalized spacial score (nSPS) is 14.2. The van der Waals surface area contributed by atoms with Crippen molar-refractivity contribution in [2.45, 2.75) is 18.8 Å². The highest BCUT2D eigenvalue weighted by molar-refractivity contribution is 6.31. The average Bonchev–Trinajstić information content (AvgIpc) is 2.37. The molecule has 0 fully saturated rings. The summed E-state index contributed by atoms with van der Waals surface area (Å²) in [7, 11) is 0. The Morgan fingerprint density at radius 3 is 2.48 bits per heavy atom. The summed E-state index contributed by atoms with van der Waals surface area (Å²) in [6.07, 6.45) is -5.45. The number of benzene rings is 1. The van der Waals surface area contributed by atoms with Gasteiger partial charge in [0.15, 0.2) is 0 Å². The molecule has 0 bridgehead atoms. The van der Waals surface area contributed by atoms with Gasteiger partial charge in [-0.25, -0.2) is 4.79 Å². The summed E-state index contributed by atoms with van der Waals surface area (Å²) in [5, 5.41) is 10.8. The van der Waals surface area contributed by atoms with Crippen molar-refractivity contribution in [2.24, 2.45) is 0 Å². The maximum Gasteiger partial charge on any atom is 0.448 e. The van der Waals surface area contributed by atoms with Gasteiger partial charge in [-0.3, -0.25) is 4.79 Å². The van der Waals surface area contributed by atoms with Gasteiger partial charge in [-0.2, -0.15) is 13.2 Å². The van der Waals surface area contributed by atoms with Crippen LogP contribution in [0, 0.1) is 0 Å². The summed E-state index contributed by atoms with van der Waals surface area (Å²) in [4.78, 5) is 23.0. The molecule has 21 heavy (non-hydrogen) atoms. The molecule has 0 spiro atoms. The number of alkyl halides is 3. The summed E-state index contributed by atoms with van der Waals surface area (Å²) in [5.74, 6) is -3.35. The number of ether oxygens (including phenoxy) is 1. The Balaban J connectivity index is 3.08.